The van der Waals surface area contributed by atoms with Crippen LogP contribution in [0.2, 0.25) is 5.02 Å². The Labute approximate surface area is 121 Å². The van der Waals surface area contributed by atoms with Gasteiger partial charge in [-0.1, -0.05) is 25.4 Å². The van der Waals surface area contributed by atoms with Crippen molar-refractivity contribution in [2.24, 2.45) is 5.84 Å². The number of benzene rings is 1. The fourth-order valence-corrected chi connectivity index (χ4v) is 2.05. The number of rotatable bonds is 4. The summed E-state index contributed by atoms with van der Waals surface area (Å²) in [5.41, 5.74) is 3.54. The molecule has 0 aliphatic rings. The van der Waals surface area contributed by atoms with Gasteiger partial charge in [0.15, 0.2) is 0 Å². The Morgan fingerprint density at radius 2 is 1.95 bits per heavy atom. The van der Waals surface area contributed by atoms with Gasteiger partial charge in [0, 0.05) is 10.6 Å². The normalized spacial score (nSPS) is 10.7. The first-order valence-corrected chi connectivity index (χ1v) is 6.44. The Kier molecular flexibility index (Phi) is 4.36. The number of hydrazine groups is 1. The third-order valence-electron chi connectivity index (χ3n) is 2.78. The molecule has 0 unspecified atom stereocenters. The second-order valence-corrected chi connectivity index (χ2v) is 4.97. The molecule has 0 aliphatic carbocycles. The highest BCUT2D eigenvalue weighted by Crippen LogP contribution is 2.31. The largest absolute Gasteiger partial charge is 0.337 e. The average molecular weight is 296 g/mol. The maximum Gasteiger partial charge on any atom is 0.148 e. The third kappa shape index (κ3) is 2.97. The first-order valence-electron chi connectivity index (χ1n) is 6.06. The van der Waals surface area contributed by atoms with Crippen molar-refractivity contribution in [2.45, 2.75) is 19.8 Å². The summed E-state index contributed by atoms with van der Waals surface area (Å²) >= 11 is 5.87. The van der Waals surface area contributed by atoms with Gasteiger partial charge in [-0.05, 0) is 24.1 Å². The molecule has 1 aromatic carbocycles. The van der Waals surface area contributed by atoms with E-state index in [1.165, 1.54) is 24.5 Å². The van der Waals surface area contributed by atoms with E-state index >= 15 is 0 Å². The van der Waals surface area contributed by atoms with Crippen molar-refractivity contribution in [1.82, 2.24) is 9.97 Å². The van der Waals surface area contributed by atoms with E-state index in [0.29, 0.717) is 16.7 Å². The first kappa shape index (κ1) is 14.5. The van der Waals surface area contributed by atoms with E-state index in [-0.39, 0.29) is 11.6 Å². The predicted octanol–water partition coefficient (Wildman–Crippen LogP) is 3.42. The van der Waals surface area contributed by atoms with Crippen LogP contribution in [0.3, 0.4) is 0 Å². The van der Waals surface area contributed by atoms with Crippen molar-refractivity contribution in [2.75, 3.05) is 10.7 Å². The van der Waals surface area contributed by atoms with Crippen LogP contribution >= 0.6 is 11.6 Å². The summed E-state index contributed by atoms with van der Waals surface area (Å²) in [6.45, 7) is 3.94. The first-order chi connectivity index (χ1) is 9.52. The fourth-order valence-electron chi connectivity index (χ4n) is 1.88. The molecule has 7 heteroatoms. The Morgan fingerprint density at radius 3 is 2.60 bits per heavy atom. The SMILES string of the molecule is CC(C)c1c(NN)ncnc1Nc1cc(Cl)ccc1F. The minimum absolute atomic E-state index is 0.104. The van der Waals surface area contributed by atoms with Crippen LogP contribution in [0, 0.1) is 5.82 Å². The molecule has 0 spiro atoms. The summed E-state index contributed by atoms with van der Waals surface area (Å²) in [5.74, 6) is 6.12. The Morgan fingerprint density at radius 1 is 1.25 bits per heavy atom. The molecule has 0 bridgehead atoms. The van der Waals surface area contributed by atoms with Gasteiger partial charge in [-0.2, -0.15) is 0 Å². The summed E-state index contributed by atoms with van der Waals surface area (Å²) in [5, 5.41) is 3.37. The van der Waals surface area contributed by atoms with Gasteiger partial charge in [0.05, 0.1) is 5.69 Å². The van der Waals surface area contributed by atoms with Crippen LogP contribution in [-0.4, -0.2) is 9.97 Å². The molecule has 2 rings (SSSR count). The summed E-state index contributed by atoms with van der Waals surface area (Å²) < 4.78 is 13.8. The quantitative estimate of drug-likeness (QED) is 0.595. The molecule has 4 N–H and O–H groups in total. The molecule has 0 saturated carbocycles. The minimum Gasteiger partial charge on any atom is -0.337 e. The van der Waals surface area contributed by atoms with Gasteiger partial charge >= 0.3 is 0 Å². The molecule has 106 valence electrons. The molecule has 5 nitrogen and oxygen atoms in total. The van der Waals surface area contributed by atoms with Crippen molar-refractivity contribution < 1.29 is 4.39 Å². The zero-order valence-electron chi connectivity index (χ0n) is 11.1. The summed E-state index contributed by atoms with van der Waals surface area (Å²) in [7, 11) is 0. The van der Waals surface area contributed by atoms with Gasteiger partial charge < -0.3 is 10.7 Å². The van der Waals surface area contributed by atoms with E-state index < -0.39 is 5.82 Å². The lowest BCUT2D eigenvalue weighted by atomic mass is 10.0. The molecule has 0 atom stereocenters. The van der Waals surface area contributed by atoms with E-state index in [4.69, 9.17) is 17.4 Å². The van der Waals surface area contributed by atoms with Gasteiger partial charge in [-0.3, -0.25) is 0 Å². The lowest BCUT2D eigenvalue weighted by Gasteiger charge is -2.16. The Hall–Kier alpha value is -1.92. The van der Waals surface area contributed by atoms with Gasteiger partial charge in [0.2, 0.25) is 0 Å². The molecule has 20 heavy (non-hydrogen) atoms. The topological polar surface area (TPSA) is 75.9 Å². The highest BCUT2D eigenvalue weighted by Gasteiger charge is 2.15. The van der Waals surface area contributed by atoms with Crippen LogP contribution in [0.4, 0.5) is 21.7 Å². The second-order valence-electron chi connectivity index (χ2n) is 4.53. The molecular formula is C13H15ClFN5. The molecule has 0 radical (unpaired) electrons. The maximum atomic E-state index is 13.8. The van der Waals surface area contributed by atoms with Crippen molar-refractivity contribution in [1.29, 1.82) is 0 Å². The standard InChI is InChI=1S/C13H15ClFN5/c1-7(2)11-12(17-6-18-13(11)20-16)19-10-5-8(14)3-4-9(10)15/h3-7H,16H2,1-2H3,(H2,17,18,19,20). The van der Waals surface area contributed by atoms with E-state index in [9.17, 15) is 4.39 Å². The molecule has 0 fully saturated rings. The maximum absolute atomic E-state index is 13.8. The molecular weight excluding hydrogens is 281 g/mol. The van der Waals surface area contributed by atoms with E-state index in [2.05, 4.69) is 20.7 Å². The van der Waals surface area contributed by atoms with Crippen molar-refractivity contribution in [3.63, 3.8) is 0 Å². The van der Waals surface area contributed by atoms with Crippen LogP contribution < -0.4 is 16.6 Å². The summed E-state index contributed by atoms with van der Waals surface area (Å²) in [4.78, 5) is 8.20. The fraction of sp³-hybridized carbons (Fsp3) is 0.231. The smallest absolute Gasteiger partial charge is 0.148 e. The molecule has 1 aromatic heterocycles. The van der Waals surface area contributed by atoms with Gasteiger partial charge in [0.25, 0.3) is 0 Å². The molecule has 0 saturated heterocycles. The number of aromatic nitrogens is 2. The number of nitrogens with two attached hydrogens (primary N) is 1. The average Bonchev–Trinajstić information content (AvgIpc) is 2.42. The number of hydrogen-bond donors (Lipinski definition) is 3. The highest BCUT2D eigenvalue weighted by molar-refractivity contribution is 6.30. The number of anilines is 3. The van der Waals surface area contributed by atoms with E-state index in [1.807, 2.05) is 13.8 Å². The van der Waals surface area contributed by atoms with Gasteiger partial charge in [-0.15, -0.1) is 0 Å². The summed E-state index contributed by atoms with van der Waals surface area (Å²) in [6.07, 6.45) is 1.35. The van der Waals surface area contributed by atoms with Gasteiger partial charge in [-0.25, -0.2) is 20.2 Å². The molecule has 0 aliphatic heterocycles. The molecule has 2 aromatic rings. The Balaban J connectivity index is 2.45. The van der Waals surface area contributed by atoms with Crippen LogP contribution in [0.25, 0.3) is 0 Å². The van der Waals surface area contributed by atoms with Crippen LogP contribution in [0.1, 0.15) is 25.3 Å². The van der Waals surface area contributed by atoms with Crippen molar-refractivity contribution in [3.05, 3.63) is 40.9 Å². The second kappa shape index (κ2) is 6.02. The number of nitrogens with one attached hydrogen (secondary N) is 2. The number of halogens is 2. The predicted molar refractivity (Wildman–Crippen MR) is 78.6 cm³/mol. The van der Waals surface area contributed by atoms with E-state index in [1.54, 1.807) is 0 Å². The van der Waals surface area contributed by atoms with Crippen LogP contribution in [-0.2, 0) is 0 Å². The van der Waals surface area contributed by atoms with Crippen LogP contribution in [0.15, 0.2) is 24.5 Å². The molecule has 0 amide bonds. The lowest BCUT2D eigenvalue weighted by molar-refractivity contribution is 0.631. The highest BCUT2D eigenvalue weighted by atomic mass is 35.5. The monoisotopic (exact) mass is 295 g/mol. The molecule has 1 heterocycles. The zero-order valence-corrected chi connectivity index (χ0v) is 11.9. The van der Waals surface area contributed by atoms with Crippen LogP contribution in [0.5, 0.6) is 0 Å². The lowest BCUT2D eigenvalue weighted by Crippen LogP contribution is -2.14. The zero-order chi connectivity index (χ0) is 14.7. The number of nitrogens with zero attached hydrogens (tertiary/aromatic N) is 2. The minimum atomic E-state index is -0.412. The third-order valence-corrected chi connectivity index (χ3v) is 3.01. The van der Waals surface area contributed by atoms with Gasteiger partial charge in [0.1, 0.15) is 23.8 Å². The summed E-state index contributed by atoms with van der Waals surface area (Å²) in [6, 6.07) is 4.28. The number of hydrogen-bond acceptors (Lipinski definition) is 5. The van der Waals surface area contributed by atoms with Crippen molar-refractivity contribution in [3.8, 4) is 0 Å². The van der Waals surface area contributed by atoms with Crippen molar-refractivity contribution >= 4 is 28.9 Å². The Bertz CT molecular complexity index is 618. The van der Waals surface area contributed by atoms with E-state index in [0.717, 1.165) is 5.56 Å². The number of nitrogen functional groups attached to an aromatic ring is 1.